The van der Waals surface area contributed by atoms with E-state index in [9.17, 15) is 18.0 Å². The van der Waals surface area contributed by atoms with E-state index in [0.29, 0.717) is 30.2 Å². The van der Waals surface area contributed by atoms with Crippen molar-refractivity contribution in [2.24, 2.45) is 0 Å². The fourth-order valence-electron chi connectivity index (χ4n) is 3.74. The van der Waals surface area contributed by atoms with Crippen LogP contribution in [0, 0.1) is 0 Å². The molecule has 0 aliphatic carbocycles. The van der Waals surface area contributed by atoms with Crippen molar-refractivity contribution < 1.29 is 22.7 Å². The lowest BCUT2D eigenvalue weighted by Crippen LogP contribution is -2.28. The van der Waals surface area contributed by atoms with Gasteiger partial charge in [0.1, 0.15) is 10.6 Å². The smallest absolute Gasteiger partial charge is 0.323 e. The zero-order chi connectivity index (χ0) is 24.8. The SMILES string of the molecule is COc1ccc(C(=O)Nc2ccc(NC(=O)Nc3ccccc3)cc2)cc1S(=O)(=O)N1CCCC1. The second kappa shape index (κ2) is 10.6. The van der Waals surface area contributed by atoms with E-state index in [0.717, 1.165) is 12.8 Å². The maximum atomic E-state index is 13.1. The first-order valence-corrected chi connectivity index (χ1v) is 12.5. The summed E-state index contributed by atoms with van der Waals surface area (Å²) in [6.45, 7) is 0.900. The third kappa shape index (κ3) is 5.79. The van der Waals surface area contributed by atoms with Crippen LogP contribution >= 0.6 is 0 Å². The van der Waals surface area contributed by atoms with Gasteiger partial charge >= 0.3 is 6.03 Å². The molecule has 1 saturated heterocycles. The van der Waals surface area contributed by atoms with Crippen molar-refractivity contribution in [2.75, 3.05) is 36.1 Å². The Balaban J connectivity index is 1.43. The van der Waals surface area contributed by atoms with Gasteiger partial charge < -0.3 is 20.7 Å². The minimum Gasteiger partial charge on any atom is -0.495 e. The van der Waals surface area contributed by atoms with Gasteiger partial charge in [-0.15, -0.1) is 0 Å². The van der Waals surface area contributed by atoms with Gasteiger partial charge in [0.25, 0.3) is 5.91 Å². The Labute approximate surface area is 204 Å². The van der Waals surface area contributed by atoms with Crippen LogP contribution in [0.15, 0.2) is 77.7 Å². The number of carbonyl (C=O) groups excluding carboxylic acids is 2. The zero-order valence-corrected chi connectivity index (χ0v) is 20.0. The van der Waals surface area contributed by atoms with Crippen LogP contribution in [0.25, 0.3) is 0 Å². The summed E-state index contributed by atoms with van der Waals surface area (Å²) in [4.78, 5) is 24.9. The highest BCUT2D eigenvalue weighted by Crippen LogP contribution is 2.30. The Bertz CT molecular complexity index is 1310. The van der Waals surface area contributed by atoms with Gasteiger partial charge in [-0.25, -0.2) is 13.2 Å². The third-order valence-electron chi connectivity index (χ3n) is 5.54. The Morgan fingerprint density at radius 3 is 1.97 bits per heavy atom. The third-order valence-corrected chi connectivity index (χ3v) is 7.46. The molecule has 3 N–H and O–H groups in total. The van der Waals surface area contributed by atoms with Crippen molar-refractivity contribution in [3.63, 3.8) is 0 Å². The van der Waals surface area contributed by atoms with E-state index in [1.807, 2.05) is 18.2 Å². The van der Waals surface area contributed by atoms with Gasteiger partial charge in [0.05, 0.1) is 7.11 Å². The maximum Gasteiger partial charge on any atom is 0.323 e. The molecule has 0 atom stereocenters. The number of para-hydroxylation sites is 1. The summed E-state index contributed by atoms with van der Waals surface area (Å²) >= 11 is 0. The highest BCUT2D eigenvalue weighted by atomic mass is 32.2. The molecule has 0 unspecified atom stereocenters. The van der Waals surface area contributed by atoms with Gasteiger partial charge in [0, 0.05) is 35.7 Å². The van der Waals surface area contributed by atoms with E-state index in [2.05, 4.69) is 16.0 Å². The predicted molar refractivity (Wildman–Crippen MR) is 134 cm³/mol. The van der Waals surface area contributed by atoms with Crippen molar-refractivity contribution in [3.05, 3.63) is 78.4 Å². The average Bonchev–Trinajstić information content (AvgIpc) is 3.41. The standard InChI is InChI=1S/C25H26N4O5S/c1-34-22-14-9-18(17-23(22)35(32,33)29-15-5-6-16-29)24(30)26-20-10-12-21(13-11-20)28-25(31)27-19-7-3-2-4-8-19/h2-4,7-14,17H,5-6,15-16H2,1H3,(H,26,30)(H2,27,28,31). The van der Waals surface area contributed by atoms with E-state index in [1.165, 1.54) is 29.6 Å². The van der Waals surface area contributed by atoms with Crippen LogP contribution in [0.1, 0.15) is 23.2 Å². The predicted octanol–water partition coefficient (Wildman–Crippen LogP) is 4.38. The minimum atomic E-state index is -3.77. The first-order valence-electron chi connectivity index (χ1n) is 11.1. The number of sulfonamides is 1. The van der Waals surface area contributed by atoms with Gasteiger partial charge in [0.15, 0.2) is 0 Å². The lowest BCUT2D eigenvalue weighted by molar-refractivity contribution is 0.102. The molecule has 1 fully saturated rings. The number of ether oxygens (including phenoxy) is 1. The second-order valence-corrected chi connectivity index (χ2v) is 9.86. The number of hydrogen-bond acceptors (Lipinski definition) is 5. The van der Waals surface area contributed by atoms with E-state index < -0.39 is 22.0 Å². The van der Waals surface area contributed by atoms with E-state index in [1.54, 1.807) is 36.4 Å². The molecule has 9 nitrogen and oxygen atoms in total. The van der Waals surface area contributed by atoms with Crippen LogP contribution in [-0.4, -0.2) is 44.9 Å². The van der Waals surface area contributed by atoms with E-state index >= 15 is 0 Å². The van der Waals surface area contributed by atoms with Crippen LogP contribution in [0.5, 0.6) is 5.75 Å². The number of rotatable bonds is 7. The fraction of sp³-hybridized carbons (Fsp3) is 0.200. The van der Waals surface area contributed by atoms with Crippen molar-refractivity contribution in [1.82, 2.24) is 4.31 Å². The normalized spacial score (nSPS) is 13.7. The molecule has 3 amide bonds. The zero-order valence-electron chi connectivity index (χ0n) is 19.2. The Morgan fingerprint density at radius 2 is 1.37 bits per heavy atom. The summed E-state index contributed by atoms with van der Waals surface area (Å²) in [7, 11) is -2.37. The summed E-state index contributed by atoms with van der Waals surface area (Å²) in [6.07, 6.45) is 1.61. The highest BCUT2D eigenvalue weighted by molar-refractivity contribution is 7.89. The van der Waals surface area contributed by atoms with Crippen molar-refractivity contribution in [3.8, 4) is 5.75 Å². The number of carbonyl (C=O) groups is 2. The van der Waals surface area contributed by atoms with Crippen LogP contribution in [0.2, 0.25) is 0 Å². The molecular formula is C25H26N4O5S. The molecule has 3 aromatic carbocycles. The fourth-order valence-corrected chi connectivity index (χ4v) is 5.44. The van der Waals surface area contributed by atoms with Crippen LogP contribution in [0.3, 0.4) is 0 Å². The molecule has 0 aromatic heterocycles. The summed E-state index contributed by atoms with van der Waals surface area (Å²) < 4.78 is 32.8. The molecular weight excluding hydrogens is 468 g/mol. The minimum absolute atomic E-state index is 0.0291. The summed E-state index contributed by atoms with van der Waals surface area (Å²) in [5.74, 6) is -0.272. The topological polar surface area (TPSA) is 117 Å². The van der Waals surface area contributed by atoms with Crippen LogP contribution < -0.4 is 20.7 Å². The first-order chi connectivity index (χ1) is 16.9. The summed E-state index contributed by atoms with van der Waals surface area (Å²) in [5.41, 5.74) is 1.89. The molecule has 10 heteroatoms. The molecule has 182 valence electrons. The van der Waals surface area contributed by atoms with E-state index in [-0.39, 0.29) is 16.2 Å². The summed E-state index contributed by atoms with van der Waals surface area (Å²) in [6, 6.07) is 19.6. The lowest BCUT2D eigenvalue weighted by atomic mass is 10.2. The number of urea groups is 1. The van der Waals surface area contributed by atoms with Gasteiger partial charge in [-0.1, -0.05) is 18.2 Å². The quantitative estimate of drug-likeness (QED) is 0.451. The van der Waals surface area contributed by atoms with Gasteiger partial charge in [-0.2, -0.15) is 4.31 Å². The molecule has 4 rings (SSSR count). The molecule has 0 spiro atoms. The van der Waals surface area contributed by atoms with Gasteiger partial charge in [-0.3, -0.25) is 4.79 Å². The molecule has 1 heterocycles. The summed E-state index contributed by atoms with van der Waals surface area (Å²) in [5, 5.41) is 8.19. The second-order valence-electron chi connectivity index (χ2n) is 7.95. The van der Waals surface area contributed by atoms with Crippen molar-refractivity contribution in [1.29, 1.82) is 0 Å². The van der Waals surface area contributed by atoms with E-state index in [4.69, 9.17) is 4.74 Å². The Kier molecular flexibility index (Phi) is 7.33. The van der Waals surface area contributed by atoms with Crippen molar-refractivity contribution in [2.45, 2.75) is 17.7 Å². The molecule has 0 saturated carbocycles. The molecule has 0 bridgehead atoms. The van der Waals surface area contributed by atoms with Crippen LogP contribution in [0.4, 0.5) is 21.9 Å². The average molecular weight is 495 g/mol. The van der Waals surface area contributed by atoms with Crippen LogP contribution in [-0.2, 0) is 10.0 Å². The Morgan fingerprint density at radius 1 is 0.800 bits per heavy atom. The van der Waals surface area contributed by atoms with Crippen molar-refractivity contribution >= 4 is 39.0 Å². The molecule has 0 radical (unpaired) electrons. The number of nitrogens with one attached hydrogen (secondary N) is 3. The lowest BCUT2D eigenvalue weighted by Gasteiger charge is -2.18. The molecule has 3 aromatic rings. The number of amides is 3. The number of nitrogens with zero attached hydrogens (tertiary/aromatic N) is 1. The number of methoxy groups -OCH3 is 1. The monoisotopic (exact) mass is 494 g/mol. The van der Waals surface area contributed by atoms with Gasteiger partial charge in [0.2, 0.25) is 10.0 Å². The molecule has 35 heavy (non-hydrogen) atoms. The largest absolute Gasteiger partial charge is 0.495 e. The molecule has 1 aliphatic rings. The number of hydrogen-bond donors (Lipinski definition) is 3. The number of anilines is 3. The number of benzene rings is 3. The highest BCUT2D eigenvalue weighted by Gasteiger charge is 2.30. The first kappa shape index (κ1) is 24.2. The Hall–Kier alpha value is -3.89. The van der Waals surface area contributed by atoms with Gasteiger partial charge in [-0.05, 0) is 67.4 Å². The maximum absolute atomic E-state index is 13.1. The molecule has 1 aliphatic heterocycles.